The predicted octanol–water partition coefficient (Wildman–Crippen LogP) is 4.83. The van der Waals surface area contributed by atoms with Gasteiger partial charge in [-0.1, -0.05) is 57.5 Å². The van der Waals surface area contributed by atoms with Gasteiger partial charge in [0.1, 0.15) is 6.10 Å². The summed E-state index contributed by atoms with van der Waals surface area (Å²) in [6.45, 7) is 11.4. The van der Waals surface area contributed by atoms with Crippen molar-refractivity contribution in [2.75, 3.05) is 6.61 Å². The molecule has 0 amide bonds. The van der Waals surface area contributed by atoms with Gasteiger partial charge in [-0.2, -0.15) is 0 Å². The molecule has 0 saturated heterocycles. The SMILES string of the molecule is CCCOOC(c1ccc(C)cc1)C(C)(C)CC. The zero-order chi connectivity index (χ0) is 13.6. The van der Waals surface area contributed by atoms with Crippen molar-refractivity contribution in [1.82, 2.24) is 0 Å². The van der Waals surface area contributed by atoms with E-state index in [0.717, 1.165) is 12.8 Å². The number of rotatable bonds is 7. The minimum atomic E-state index is -0.0188. The smallest absolute Gasteiger partial charge is 0.123 e. The topological polar surface area (TPSA) is 18.5 Å². The van der Waals surface area contributed by atoms with Crippen LogP contribution in [-0.4, -0.2) is 6.61 Å². The summed E-state index contributed by atoms with van der Waals surface area (Å²) in [5, 5.41) is 0. The van der Waals surface area contributed by atoms with Crippen LogP contribution in [0.2, 0.25) is 0 Å². The Labute approximate surface area is 111 Å². The van der Waals surface area contributed by atoms with Gasteiger partial charge in [0.2, 0.25) is 0 Å². The molecule has 1 unspecified atom stereocenters. The molecule has 18 heavy (non-hydrogen) atoms. The van der Waals surface area contributed by atoms with Gasteiger partial charge in [0.15, 0.2) is 0 Å². The average Bonchev–Trinajstić information content (AvgIpc) is 2.36. The summed E-state index contributed by atoms with van der Waals surface area (Å²) < 4.78 is 0. The standard InChI is InChI=1S/C16H26O2/c1-6-12-17-18-15(16(4,5)7-2)14-10-8-13(3)9-11-14/h8-11,15H,6-7,12H2,1-5H3. The second kappa shape index (κ2) is 6.91. The fourth-order valence-corrected chi connectivity index (χ4v) is 1.76. The summed E-state index contributed by atoms with van der Waals surface area (Å²) in [4.78, 5) is 11.0. The van der Waals surface area contributed by atoms with Crippen LogP contribution in [0.25, 0.3) is 0 Å². The van der Waals surface area contributed by atoms with E-state index in [-0.39, 0.29) is 11.5 Å². The summed E-state index contributed by atoms with van der Waals surface area (Å²) >= 11 is 0. The van der Waals surface area contributed by atoms with E-state index in [1.165, 1.54) is 11.1 Å². The van der Waals surface area contributed by atoms with E-state index in [0.29, 0.717) is 6.61 Å². The molecule has 1 atom stereocenters. The van der Waals surface area contributed by atoms with Gasteiger partial charge in [-0.25, -0.2) is 9.78 Å². The van der Waals surface area contributed by atoms with Crippen LogP contribution >= 0.6 is 0 Å². The van der Waals surface area contributed by atoms with Gasteiger partial charge in [0.25, 0.3) is 0 Å². The lowest BCUT2D eigenvalue weighted by Gasteiger charge is -2.32. The van der Waals surface area contributed by atoms with Gasteiger partial charge in [0, 0.05) is 0 Å². The Balaban J connectivity index is 2.86. The maximum absolute atomic E-state index is 5.66. The van der Waals surface area contributed by atoms with Crippen LogP contribution in [0.1, 0.15) is 57.8 Å². The lowest BCUT2D eigenvalue weighted by molar-refractivity contribution is -0.346. The Bertz CT molecular complexity index is 341. The highest BCUT2D eigenvalue weighted by Crippen LogP contribution is 2.39. The number of hydrogen-bond acceptors (Lipinski definition) is 2. The fourth-order valence-electron chi connectivity index (χ4n) is 1.76. The zero-order valence-electron chi connectivity index (χ0n) is 12.3. The monoisotopic (exact) mass is 250 g/mol. The third-order valence-corrected chi connectivity index (χ3v) is 3.45. The van der Waals surface area contributed by atoms with Gasteiger partial charge in [-0.05, 0) is 30.7 Å². The molecule has 0 spiro atoms. The Morgan fingerprint density at radius 3 is 2.22 bits per heavy atom. The fraction of sp³-hybridized carbons (Fsp3) is 0.625. The molecular formula is C16H26O2. The van der Waals surface area contributed by atoms with Crippen LogP contribution in [0.5, 0.6) is 0 Å². The zero-order valence-corrected chi connectivity index (χ0v) is 12.3. The highest BCUT2D eigenvalue weighted by Gasteiger charge is 2.31. The maximum Gasteiger partial charge on any atom is 0.123 e. The third-order valence-electron chi connectivity index (χ3n) is 3.45. The number of hydrogen-bond donors (Lipinski definition) is 0. The van der Waals surface area contributed by atoms with Gasteiger partial charge in [-0.15, -0.1) is 0 Å². The van der Waals surface area contributed by atoms with E-state index in [1.54, 1.807) is 0 Å². The van der Waals surface area contributed by atoms with Gasteiger partial charge in [0.05, 0.1) is 6.61 Å². The molecule has 0 aliphatic heterocycles. The first-order valence-corrected chi connectivity index (χ1v) is 6.86. The summed E-state index contributed by atoms with van der Waals surface area (Å²) in [7, 11) is 0. The highest BCUT2D eigenvalue weighted by molar-refractivity contribution is 5.24. The normalized spacial score (nSPS) is 13.6. The molecule has 0 bridgehead atoms. The van der Waals surface area contributed by atoms with Crippen LogP contribution in [0.15, 0.2) is 24.3 Å². The van der Waals surface area contributed by atoms with Crippen molar-refractivity contribution >= 4 is 0 Å². The van der Waals surface area contributed by atoms with Crippen LogP contribution in [-0.2, 0) is 9.78 Å². The van der Waals surface area contributed by atoms with Gasteiger partial charge in [-0.3, -0.25) is 0 Å². The summed E-state index contributed by atoms with van der Waals surface area (Å²) in [5.41, 5.74) is 2.51. The highest BCUT2D eigenvalue weighted by atomic mass is 17.2. The van der Waals surface area contributed by atoms with Crippen molar-refractivity contribution < 1.29 is 9.78 Å². The molecule has 0 radical (unpaired) electrons. The molecule has 0 aliphatic rings. The number of aryl methyl sites for hydroxylation is 1. The molecule has 0 saturated carbocycles. The van der Waals surface area contributed by atoms with Crippen molar-refractivity contribution in [1.29, 1.82) is 0 Å². The summed E-state index contributed by atoms with van der Waals surface area (Å²) in [6, 6.07) is 8.51. The molecule has 1 aromatic rings. The van der Waals surface area contributed by atoms with Crippen LogP contribution in [0, 0.1) is 12.3 Å². The van der Waals surface area contributed by atoms with E-state index in [9.17, 15) is 0 Å². The van der Waals surface area contributed by atoms with Crippen molar-refractivity contribution in [2.45, 2.75) is 53.6 Å². The second-order valence-corrected chi connectivity index (χ2v) is 5.55. The van der Waals surface area contributed by atoms with E-state index in [4.69, 9.17) is 9.78 Å². The molecular weight excluding hydrogens is 224 g/mol. The van der Waals surface area contributed by atoms with E-state index >= 15 is 0 Å². The van der Waals surface area contributed by atoms with Crippen LogP contribution in [0.3, 0.4) is 0 Å². The van der Waals surface area contributed by atoms with Crippen molar-refractivity contribution in [3.63, 3.8) is 0 Å². The first kappa shape index (κ1) is 15.2. The molecule has 2 heteroatoms. The largest absolute Gasteiger partial charge is 0.236 e. The van der Waals surface area contributed by atoms with E-state index < -0.39 is 0 Å². The molecule has 2 nitrogen and oxygen atoms in total. The molecule has 0 heterocycles. The lowest BCUT2D eigenvalue weighted by atomic mass is 9.80. The Hall–Kier alpha value is -0.860. The molecule has 1 aromatic carbocycles. The van der Waals surface area contributed by atoms with E-state index in [2.05, 4.69) is 58.9 Å². The van der Waals surface area contributed by atoms with Crippen molar-refractivity contribution in [3.8, 4) is 0 Å². The Morgan fingerprint density at radius 1 is 1.11 bits per heavy atom. The summed E-state index contributed by atoms with van der Waals surface area (Å²) in [6.07, 6.45) is 1.99. The number of benzene rings is 1. The second-order valence-electron chi connectivity index (χ2n) is 5.55. The van der Waals surface area contributed by atoms with Crippen LogP contribution < -0.4 is 0 Å². The van der Waals surface area contributed by atoms with Gasteiger partial charge < -0.3 is 0 Å². The lowest BCUT2D eigenvalue weighted by Crippen LogP contribution is -2.24. The minimum Gasteiger partial charge on any atom is -0.236 e. The molecule has 0 aliphatic carbocycles. The quantitative estimate of drug-likeness (QED) is 0.392. The van der Waals surface area contributed by atoms with Crippen molar-refractivity contribution in [3.05, 3.63) is 35.4 Å². The first-order chi connectivity index (χ1) is 8.51. The van der Waals surface area contributed by atoms with Crippen molar-refractivity contribution in [2.24, 2.45) is 5.41 Å². The van der Waals surface area contributed by atoms with Crippen LogP contribution in [0.4, 0.5) is 0 Å². The molecule has 0 N–H and O–H groups in total. The van der Waals surface area contributed by atoms with E-state index in [1.807, 2.05) is 0 Å². The Kier molecular flexibility index (Phi) is 5.83. The average molecular weight is 250 g/mol. The Morgan fingerprint density at radius 2 is 1.72 bits per heavy atom. The molecule has 102 valence electrons. The molecule has 1 rings (SSSR count). The maximum atomic E-state index is 5.66. The third kappa shape index (κ3) is 4.11. The minimum absolute atomic E-state index is 0.0188. The predicted molar refractivity (Wildman–Crippen MR) is 75.3 cm³/mol. The first-order valence-electron chi connectivity index (χ1n) is 6.86. The molecule has 0 aromatic heterocycles. The molecule has 0 fully saturated rings. The summed E-state index contributed by atoms with van der Waals surface area (Å²) in [5.74, 6) is 0. The van der Waals surface area contributed by atoms with Gasteiger partial charge >= 0.3 is 0 Å².